The molecule has 23 heavy (non-hydrogen) atoms. The minimum Gasteiger partial charge on any atom is -0.345 e. The Hall–Kier alpha value is -1.39. The molecule has 2 fully saturated rings. The van der Waals surface area contributed by atoms with E-state index in [2.05, 4.69) is 40.5 Å². The molecule has 0 aromatic heterocycles. The molecule has 0 bridgehead atoms. The summed E-state index contributed by atoms with van der Waals surface area (Å²) in [6.45, 7) is 5.76. The minimum absolute atomic E-state index is 0.155. The van der Waals surface area contributed by atoms with E-state index < -0.39 is 0 Å². The van der Waals surface area contributed by atoms with Crippen molar-refractivity contribution < 1.29 is 4.79 Å². The van der Waals surface area contributed by atoms with Gasteiger partial charge in [-0.05, 0) is 37.9 Å². The highest BCUT2D eigenvalue weighted by Gasteiger charge is 2.39. The third-order valence-electron chi connectivity index (χ3n) is 5.34. The van der Waals surface area contributed by atoms with Gasteiger partial charge in [-0.15, -0.1) is 0 Å². The van der Waals surface area contributed by atoms with Gasteiger partial charge in [-0.1, -0.05) is 30.3 Å². The van der Waals surface area contributed by atoms with E-state index in [0.717, 1.165) is 32.1 Å². The molecule has 1 N–H and O–H groups in total. The molecule has 1 aromatic rings. The highest BCUT2D eigenvalue weighted by atomic mass is 16.2. The lowest BCUT2D eigenvalue weighted by molar-refractivity contribution is -0.127. The summed E-state index contributed by atoms with van der Waals surface area (Å²) in [5.41, 5.74) is 1.48. The average Bonchev–Trinajstić information content (AvgIpc) is 3.34. The smallest absolute Gasteiger partial charge is 0.219 e. The predicted molar refractivity (Wildman–Crippen MR) is 93.5 cm³/mol. The maximum atomic E-state index is 11.2. The lowest BCUT2D eigenvalue weighted by atomic mass is 10.0. The van der Waals surface area contributed by atoms with Crippen LogP contribution in [0.1, 0.15) is 37.7 Å². The third kappa shape index (κ3) is 4.55. The summed E-state index contributed by atoms with van der Waals surface area (Å²) in [6, 6.07) is 12.2. The van der Waals surface area contributed by atoms with Gasteiger partial charge >= 0.3 is 0 Å². The highest BCUT2D eigenvalue weighted by molar-refractivity contribution is 5.72. The van der Waals surface area contributed by atoms with Gasteiger partial charge in [0.05, 0.1) is 0 Å². The molecule has 1 aliphatic carbocycles. The number of likely N-dealkylation sites (tertiary alicyclic amines) is 1. The Labute approximate surface area is 139 Å². The van der Waals surface area contributed by atoms with Crippen molar-refractivity contribution in [1.29, 1.82) is 0 Å². The molecule has 2 aliphatic rings. The van der Waals surface area contributed by atoms with Crippen molar-refractivity contribution in [3.05, 3.63) is 35.9 Å². The number of carbonyl (C=O) groups excluding carboxylic acids is 1. The Morgan fingerprint density at radius 3 is 2.61 bits per heavy atom. The Balaban J connectivity index is 1.35. The van der Waals surface area contributed by atoms with E-state index in [0.29, 0.717) is 12.1 Å². The van der Waals surface area contributed by atoms with Gasteiger partial charge < -0.3 is 15.1 Å². The van der Waals surface area contributed by atoms with E-state index in [1.54, 1.807) is 11.8 Å². The number of rotatable bonds is 6. The molecule has 1 heterocycles. The van der Waals surface area contributed by atoms with Gasteiger partial charge in [-0.3, -0.25) is 4.79 Å². The number of nitrogens with one attached hydrogen (secondary N) is 1. The number of likely N-dealkylation sites (N-methyl/N-ethyl adjacent to an activating group) is 1. The number of amides is 1. The van der Waals surface area contributed by atoms with Crippen molar-refractivity contribution >= 4 is 5.91 Å². The average molecular weight is 315 g/mol. The standard InChI is InChI=1S/C19H29N3O/c1-15(23)21(2)12-13-22-10-8-17(9-11-22)20-19-14-18(19)16-6-4-3-5-7-16/h3-7,17-20H,8-14H2,1-2H3/t18-,19+/m0/s1. The maximum absolute atomic E-state index is 11.2. The molecule has 1 saturated heterocycles. The molecule has 1 aromatic carbocycles. The van der Waals surface area contributed by atoms with E-state index in [1.165, 1.54) is 24.8 Å². The summed E-state index contributed by atoms with van der Waals surface area (Å²) in [7, 11) is 1.88. The van der Waals surface area contributed by atoms with Crippen molar-refractivity contribution in [1.82, 2.24) is 15.1 Å². The Bertz CT molecular complexity index is 511. The molecular weight excluding hydrogens is 286 g/mol. The van der Waals surface area contributed by atoms with Crippen LogP contribution >= 0.6 is 0 Å². The van der Waals surface area contributed by atoms with Gasteiger partial charge in [0.2, 0.25) is 5.91 Å². The van der Waals surface area contributed by atoms with Crippen LogP contribution in [0.4, 0.5) is 0 Å². The highest BCUT2D eigenvalue weighted by Crippen LogP contribution is 2.41. The summed E-state index contributed by atoms with van der Waals surface area (Å²) in [5.74, 6) is 0.876. The Morgan fingerprint density at radius 1 is 1.26 bits per heavy atom. The van der Waals surface area contributed by atoms with Crippen LogP contribution < -0.4 is 5.32 Å². The van der Waals surface area contributed by atoms with Crippen LogP contribution in [0.15, 0.2) is 30.3 Å². The first kappa shape index (κ1) is 16.5. The molecule has 3 rings (SSSR count). The second-order valence-corrected chi connectivity index (χ2v) is 7.08. The first-order chi connectivity index (χ1) is 11.1. The van der Waals surface area contributed by atoms with Crippen molar-refractivity contribution in [3.8, 4) is 0 Å². The summed E-state index contributed by atoms with van der Waals surface area (Å²) < 4.78 is 0. The molecule has 4 heteroatoms. The second kappa shape index (κ2) is 7.45. The molecule has 0 spiro atoms. The van der Waals surface area contributed by atoms with Crippen LogP contribution in [0.25, 0.3) is 0 Å². The summed E-state index contributed by atoms with van der Waals surface area (Å²) in [4.78, 5) is 15.5. The fourth-order valence-corrected chi connectivity index (χ4v) is 3.52. The number of hydrogen-bond acceptors (Lipinski definition) is 3. The van der Waals surface area contributed by atoms with Crippen LogP contribution in [0, 0.1) is 0 Å². The first-order valence-corrected chi connectivity index (χ1v) is 8.88. The van der Waals surface area contributed by atoms with Crippen LogP contribution in [0.3, 0.4) is 0 Å². The molecule has 0 radical (unpaired) electrons. The van der Waals surface area contributed by atoms with E-state index in [-0.39, 0.29) is 5.91 Å². The number of benzene rings is 1. The van der Waals surface area contributed by atoms with Crippen LogP contribution in [-0.4, -0.2) is 61.0 Å². The van der Waals surface area contributed by atoms with Crippen molar-refractivity contribution in [3.63, 3.8) is 0 Å². The van der Waals surface area contributed by atoms with E-state index in [4.69, 9.17) is 0 Å². The SMILES string of the molecule is CC(=O)N(C)CCN1CCC(N[C@@H]2C[C@H]2c2ccccc2)CC1. The summed E-state index contributed by atoms with van der Waals surface area (Å²) in [5, 5.41) is 3.85. The Kier molecular flexibility index (Phi) is 5.34. The van der Waals surface area contributed by atoms with E-state index >= 15 is 0 Å². The monoisotopic (exact) mass is 315 g/mol. The molecule has 4 nitrogen and oxygen atoms in total. The number of carbonyl (C=O) groups is 1. The molecule has 1 saturated carbocycles. The molecule has 2 atom stereocenters. The van der Waals surface area contributed by atoms with Gasteiger partial charge in [0.25, 0.3) is 0 Å². The molecule has 1 aliphatic heterocycles. The predicted octanol–water partition coefficient (Wildman–Crippen LogP) is 2.07. The number of hydrogen-bond donors (Lipinski definition) is 1. The maximum Gasteiger partial charge on any atom is 0.219 e. The fourth-order valence-electron chi connectivity index (χ4n) is 3.52. The van der Waals surface area contributed by atoms with E-state index in [9.17, 15) is 4.79 Å². The normalized spacial score (nSPS) is 25.3. The van der Waals surface area contributed by atoms with Gasteiger partial charge in [0.15, 0.2) is 0 Å². The van der Waals surface area contributed by atoms with Crippen molar-refractivity contribution in [2.45, 2.75) is 44.2 Å². The zero-order valence-corrected chi connectivity index (χ0v) is 14.4. The van der Waals surface area contributed by atoms with Crippen molar-refractivity contribution in [2.75, 3.05) is 33.2 Å². The molecule has 0 unspecified atom stereocenters. The van der Waals surface area contributed by atoms with Crippen LogP contribution in [0.5, 0.6) is 0 Å². The summed E-state index contributed by atoms with van der Waals surface area (Å²) >= 11 is 0. The topological polar surface area (TPSA) is 35.6 Å². The Morgan fingerprint density at radius 2 is 1.96 bits per heavy atom. The van der Waals surface area contributed by atoms with Gasteiger partial charge in [0.1, 0.15) is 0 Å². The number of piperidine rings is 1. The third-order valence-corrected chi connectivity index (χ3v) is 5.34. The fraction of sp³-hybridized carbons (Fsp3) is 0.632. The lowest BCUT2D eigenvalue weighted by Gasteiger charge is -2.33. The summed E-state index contributed by atoms with van der Waals surface area (Å²) in [6.07, 6.45) is 3.73. The van der Waals surface area contributed by atoms with Gasteiger partial charge in [-0.2, -0.15) is 0 Å². The molecule has 126 valence electrons. The largest absolute Gasteiger partial charge is 0.345 e. The number of nitrogens with zero attached hydrogens (tertiary/aromatic N) is 2. The minimum atomic E-state index is 0.155. The van der Waals surface area contributed by atoms with E-state index in [1.807, 2.05) is 7.05 Å². The first-order valence-electron chi connectivity index (χ1n) is 8.88. The zero-order valence-electron chi connectivity index (χ0n) is 14.4. The van der Waals surface area contributed by atoms with Gasteiger partial charge in [0, 0.05) is 45.1 Å². The molecule has 1 amide bonds. The lowest BCUT2D eigenvalue weighted by Crippen LogP contribution is -2.45. The van der Waals surface area contributed by atoms with Crippen LogP contribution in [-0.2, 0) is 4.79 Å². The van der Waals surface area contributed by atoms with Crippen molar-refractivity contribution in [2.24, 2.45) is 0 Å². The quantitative estimate of drug-likeness (QED) is 0.873. The van der Waals surface area contributed by atoms with Crippen LogP contribution in [0.2, 0.25) is 0 Å². The zero-order chi connectivity index (χ0) is 16.2. The second-order valence-electron chi connectivity index (χ2n) is 7.08. The van der Waals surface area contributed by atoms with Gasteiger partial charge in [-0.25, -0.2) is 0 Å². The molecular formula is C19H29N3O.